The van der Waals surface area contributed by atoms with Crippen LogP contribution in [0.2, 0.25) is 0 Å². The number of carbonyl (C=O) groups excluding carboxylic acids is 2. The van der Waals surface area contributed by atoms with Crippen LogP contribution in [0.15, 0.2) is 4.79 Å². The van der Waals surface area contributed by atoms with E-state index in [0.29, 0.717) is 42.0 Å². The lowest BCUT2D eigenvalue weighted by Crippen LogP contribution is -2.43. The summed E-state index contributed by atoms with van der Waals surface area (Å²) < 4.78 is 0. The normalized spacial score (nSPS) is 22.4. The Kier molecular flexibility index (Phi) is 5.02. The van der Waals surface area contributed by atoms with E-state index in [2.05, 4.69) is 15.3 Å². The molecule has 3 amide bonds. The van der Waals surface area contributed by atoms with Crippen LogP contribution in [0.5, 0.6) is 0 Å². The van der Waals surface area contributed by atoms with Gasteiger partial charge in [0.2, 0.25) is 5.91 Å². The Morgan fingerprint density at radius 3 is 2.54 bits per heavy atom. The SMILES string of the molecule is Cc1nc(C)c(CC(=O)N[C@H]2CN(C(=O)N(C)C)C[C@@H]2C2CC2)c(=O)[nH]1. The molecule has 0 radical (unpaired) electrons. The van der Waals surface area contributed by atoms with Gasteiger partial charge in [0.1, 0.15) is 5.82 Å². The van der Waals surface area contributed by atoms with Crippen molar-refractivity contribution in [2.24, 2.45) is 11.8 Å². The van der Waals surface area contributed by atoms with Gasteiger partial charge in [-0.25, -0.2) is 9.78 Å². The average molecular weight is 361 g/mol. The van der Waals surface area contributed by atoms with E-state index < -0.39 is 0 Å². The van der Waals surface area contributed by atoms with Crippen molar-refractivity contribution in [3.8, 4) is 0 Å². The minimum Gasteiger partial charge on any atom is -0.351 e. The second-order valence-corrected chi connectivity index (χ2v) is 7.65. The number of aryl methyl sites for hydroxylation is 2. The Morgan fingerprint density at radius 1 is 1.27 bits per heavy atom. The summed E-state index contributed by atoms with van der Waals surface area (Å²) in [5.74, 6) is 1.21. The fourth-order valence-electron chi connectivity index (χ4n) is 3.80. The second kappa shape index (κ2) is 7.09. The first-order chi connectivity index (χ1) is 12.3. The number of nitrogens with one attached hydrogen (secondary N) is 2. The van der Waals surface area contributed by atoms with Gasteiger partial charge < -0.3 is 20.1 Å². The monoisotopic (exact) mass is 361 g/mol. The van der Waals surface area contributed by atoms with Gasteiger partial charge >= 0.3 is 6.03 Å². The van der Waals surface area contributed by atoms with Crippen LogP contribution >= 0.6 is 0 Å². The number of amides is 3. The molecule has 2 aliphatic rings. The number of H-pyrrole nitrogens is 1. The van der Waals surface area contributed by atoms with Gasteiger partial charge in [-0.2, -0.15) is 0 Å². The van der Waals surface area contributed by atoms with Crippen molar-refractivity contribution in [1.82, 2.24) is 25.1 Å². The third kappa shape index (κ3) is 3.89. The third-order valence-corrected chi connectivity index (χ3v) is 5.27. The standard InChI is InChI=1S/C18H27N5O3/c1-10-13(17(25)20-11(2)19-10)7-16(24)21-15-9-23(18(26)22(3)4)8-14(15)12-5-6-12/h12,14-15H,5-9H2,1-4H3,(H,21,24)(H,19,20,25)/t14-,15+/m1/s1. The number of rotatable bonds is 4. The molecule has 1 aromatic rings. The van der Waals surface area contributed by atoms with Gasteiger partial charge in [-0.05, 0) is 32.6 Å². The molecule has 26 heavy (non-hydrogen) atoms. The highest BCUT2D eigenvalue weighted by Gasteiger charge is 2.44. The fourth-order valence-corrected chi connectivity index (χ4v) is 3.80. The summed E-state index contributed by atoms with van der Waals surface area (Å²) in [6.45, 7) is 4.65. The lowest BCUT2D eigenvalue weighted by atomic mass is 9.98. The van der Waals surface area contributed by atoms with Gasteiger partial charge in [0.05, 0.1) is 12.5 Å². The Hall–Kier alpha value is -2.38. The molecule has 2 fully saturated rings. The van der Waals surface area contributed by atoms with Crippen LogP contribution in [-0.4, -0.2) is 64.9 Å². The minimum atomic E-state index is -0.264. The minimum absolute atomic E-state index is 0.00393. The van der Waals surface area contributed by atoms with Crippen LogP contribution in [0.1, 0.15) is 29.9 Å². The molecule has 0 bridgehead atoms. The topological polar surface area (TPSA) is 98.4 Å². The summed E-state index contributed by atoms with van der Waals surface area (Å²) in [6, 6.07) is -0.0842. The molecule has 1 saturated heterocycles. The molecule has 0 spiro atoms. The molecule has 1 aliphatic carbocycles. The third-order valence-electron chi connectivity index (χ3n) is 5.27. The first kappa shape index (κ1) is 18.4. The van der Waals surface area contributed by atoms with E-state index in [-0.39, 0.29) is 30.0 Å². The van der Waals surface area contributed by atoms with E-state index in [9.17, 15) is 14.4 Å². The molecule has 2 heterocycles. The maximum absolute atomic E-state index is 12.6. The van der Waals surface area contributed by atoms with Crippen molar-refractivity contribution in [1.29, 1.82) is 0 Å². The maximum Gasteiger partial charge on any atom is 0.319 e. The highest BCUT2D eigenvalue weighted by atomic mass is 16.2. The van der Waals surface area contributed by atoms with Crippen LogP contribution < -0.4 is 10.9 Å². The van der Waals surface area contributed by atoms with Crippen molar-refractivity contribution in [3.63, 3.8) is 0 Å². The van der Waals surface area contributed by atoms with Crippen molar-refractivity contribution in [2.75, 3.05) is 27.2 Å². The predicted octanol–water partition coefficient (Wildman–Crippen LogP) is 0.437. The van der Waals surface area contributed by atoms with Gasteiger partial charge in [0.15, 0.2) is 0 Å². The van der Waals surface area contributed by atoms with Crippen molar-refractivity contribution in [2.45, 2.75) is 39.2 Å². The molecular formula is C18H27N5O3. The zero-order valence-corrected chi connectivity index (χ0v) is 15.8. The number of urea groups is 1. The van der Waals surface area contributed by atoms with E-state index >= 15 is 0 Å². The largest absolute Gasteiger partial charge is 0.351 e. The number of aromatic nitrogens is 2. The molecule has 8 heteroatoms. The zero-order valence-electron chi connectivity index (χ0n) is 15.8. The summed E-state index contributed by atoms with van der Waals surface area (Å²) in [5, 5.41) is 3.06. The van der Waals surface area contributed by atoms with Gasteiger partial charge in [0.25, 0.3) is 5.56 Å². The first-order valence-electron chi connectivity index (χ1n) is 9.08. The second-order valence-electron chi connectivity index (χ2n) is 7.65. The molecule has 1 aromatic heterocycles. The van der Waals surface area contributed by atoms with Crippen molar-refractivity contribution < 1.29 is 9.59 Å². The molecule has 1 saturated carbocycles. The Morgan fingerprint density at radius 2 is 1.96 bits per heavy atom. The lowest BCUT2D eigenvalue weighted by molar-refractivity contribution is -0.121. The predicted molar refractivity (Wildman–Crippen MR) is 96.8 cm³/mol. The Labute approximate surface area is 153 Å². The zero-order chi connectivity index (χ0) is 19.0. The molecule has 1 aliphatic heterocycles. The highest BCUT2D eigenvalue weighted by molar-refractivity contribution is 5.79. The smallest absolute Gasteiger partial charge is 0.319 e. The van der Waals surface area contributed by atoms with E-state index in [0.717, 1.165) is 12.8 Å². The van der Waals surface area contributed by atoms with Crippen molar-refractivity contribution >= 4 is 11.9 Å². The summed E-state index contributed by atoms with van der Waals surface area (Å²) in [5.41, 5.74) is 0.714. The molecule has 0 aromatic carbocycles. The number of hydrogen-bond acceptors (Lipinski definition) is 4. The summed E-state index contributed by atoms with van der Waals surface area (Å²) in [7, 11) is 3.47. The molecule has 3 rings (SSSR count). The average Bonchev–Trinajstić information content (AvgIpc) is 3.31. The van der Waals surface area contributed by atoms with Crippen LogP contribution in [0.25, 0.3) is 0 Å². The van der Waals surface area contributed by atoms with Crippen LogP contribution in [0.3, 0.4) is 0 Å². The van der Waals surface area contributed by atoms with Crippen LogP contribution in [-0.2, 0) is 11.2 Å². The number of hydrogen-bond donors (Lipinski definition) is 2. The lowest BCUT2D eigenvalue weighted by Gasteiger charge is -2.21. The quantitative estimate of drug-likeness (QED) is 0.813. The molecular weight excluding hydrogens is 334 g/mol. The molecule has 0 unspecified atom stereocenters. The van der Waals surface area contributed by atoms with Crippen LogP contribution in [0, 0.1) is 25.7 Å². The van der Waals surface area contributed by atoms with Gasteiger partial charge in [-0.15, -0.1) is 0 Å². The maximum atomic E-state index is 12.6. The van der Waals surface area contributed by atoms with Crippen LogP contribution in [0.4, 0.5) is 4.79 Å². The van der Waals surface area contributed by atoms with Crippen molar-refractivity contribution in [3.05, 3.63) is 27.4 Å². The first-order valence-corrected chi connectivity index (χ1v) is 9.08. The Bertz CT molecular complexity index is 769. The molecule has 2 atom stereocenters. The fraction of sp³-hybridized carbons (Fsp3) is 0.667. The van der Waals surface area contributed by atoms with Gasteiger partial charge in [-0.3, -0.25) is 9.59 Å². The molecule has 142 valence electrons. The van der Waals surface area contributed by atoms with Gasteiger partial charge in [0, 0.05) is 44.4 Å². The molecule has 2 N–H and O–H groups in total. The Balaban J connectivity index is 1.68. The van der Waals surface area contributed by atoms with E-state index in [4.69, 9.17) is 0 Å². The van der Waals surface area contributed by atoms with E-state index in [1.807, 2.05) is 0 Å². The van der Waals surface area contributed by atoms with E-state index in [1.54, 1.807) is 37.7 Å². The van der Waals surface area contributed by atoms with Gasteiger partial charge in [-0.1, -0.05) is 0 Å². The van der Waals surface area contributed by atoms with E-state index in [1.165, 1.54) is 0 Å². The number of nitrogens with zero attached hydrogens (tertiary/aromatic N) is 3. The number of carbonyl (C=O) groups is 2. The highest BCUT2D eigenvalue weighted by Crippen LogP contribution is 2.41. The molecule has 8 nitrogen and oxygen atoms in total. The summed E-state index contributed by atoms with van der Waals surface area (Å²) in [4.78, 5) is 47.2. The summed E-state index contributed by atoms with van der Waals surface area (Å²) >= 11 is 0. The number of likely N-dealkylation sites (tertiary alicyclic amines) is 1. The number of aromatic amines is 1. The summed E-state index contributed by atoms with van der Waals surface area (Å²) in [6.07, 6.45) is 2.31.